The summed E-state index contributed by atoms with van der Waals surface area (Å²) >= 11 is 11.6. The number of halogens is 2. The molecular weight excluding hydrogens is 239 g/mol. The maximum Gasteiger partial charge on any atom is 0.335 e. The number of hydrogen-bond acceptors (Lipinski definition) is 2. The first-order valence-corrected chi connectivity index (χ1v) is 4.68. The molecule has 0 saturated heterocycles. The van der Waals surface area contributed by atoms with Crippen molar-refractivity contribution in [2.24, 2.45) is 0 Å². The number of benzene rings is 1. The van der Waals surface area contributed by atoms with Crippen molar-refractivity contribution in [1.82, 2.24) is 0 Å². The molecule has 0 aliphatic heterocycles. The highest BCUT2D eigenvalue weighted by Crippen LogP contribution is 2.35. The van der Waals surface area contributed by atoms with Gasteiger partial charge in [0.25, 0.3) is 0 Å². The Morgan fingerprint density at radius 1 is 1.47 bits per heavy atom. The molecule has 0 amide bonds. The monoisotopic (exact) mass is 246 g/mol. The van der Waals surface area contributed by atoms with Gasteiger partial charge >= 0.3 is 5.97 Å². The molecule has 5 heteroatoms. The van der Waals surface area contributed by atoms with E-state index in [1.165, 1.54) is 19.2 Å². The topological polar surface area (TPSA) is 46.5 Å². The molecule has 1 N–H and O–H groups in total. The van der Waals surface area contributed by atoms with Crippen molar-refractivity contribution in [3.8, 4) is 5.75 Å². The molecule has 0 aliphatic carbocycles. The molecule has 0 aliphatic rings. The second-order valence-electron chi connectivity index (χ2n) is 2.75. The molecule has 15 heavy (non-hydrogen) atoms. The Morgan fingerprint density at radius 3 is 2.53 bits per heavy atom. The van der Waals surface area contributed by atoms with Gasteiger partial charge in [-0.1, -0.05) is 29.8 Å². The molecule has 0 radical (unpaired) electrons. The minimum atomic E-state index is -1.15. The van der Waals surface area contributed by atoms with E-state index in [4.69, 9.17) is 33.0 Å². The van der Waals surface area contributed by atoms with Crippen molar-refractivity contribution < 1.29 is 14.6 Å². The number of rotatable bonds is 3. The fourth-order valence-electron chi connectivity index (χ4n) is 1.11. The van der Waals surface area contributed by atoms with Gasteiger partial charge in [-0.3, -0.25) is 0 Å². The van der Waals surface area contributed by atoms with Crippen LogP contribution in [0.2, 0.25) is 10.0 Å². The van der Waals surface area contributed by atoms with Gasteiger partial charge in [-0.05, 0) is 12.1 Å². The molecule has 1 rings (SSSR count). The number of ether oxygens (including phenoxy) is 1. The van der Waals surface area contributed by atoms with E-state index >= 15 is 0 Å². The molecule has 1 aromatic carbocycles. The van der Waals surface area contributed by atoms with Crippen LogP contribution in [0.1, 0.15) is 5.56 Å². The summed E-state index contributed by atoms with van der Waals surface area (Å²) in [5.41, 5.74) is 0.166. The average Bonchev–Trinajstić information content (AvgIpc) is 2.15. The van der Waals surface area contributed by atoms with Crippen molar-refractivity contribution in [3.05, 3.63) is 34.3 Å². The van der Waals surface area contributed by atoms with Gasteiger partial charge in [0, 0.05) is 10.6 Å². The van der Waals surface area contributed by atoms with Crippen LogP contribution >= 0.6 is 23.2 Å². The second-order valence-corrected chi connectivity index (χ2v) is 3.60. The summed E-state index contributed by atoms with van der Waals surface area (Å²) in [4.78, 5) is 10.7. The predicted molar refractivity (Wildman–Crippen MR) is 59.7 cm³/mol. The van der Waals surface area contributed by atoms with Crippen LogP contribution in [0.15, 0.2) is 18.7 Å². The third-order valence-electron chi connectivity index (χ3n) is 1.80. The van der Waals surface area contributed by atoms with Crippen LogP contribution in [-0.4, -0.2) is 18.2 Å². The first kappa shape index (κ1) is 11.9. The quantitative estimate of drug-likeness (QED) is 0.834. The third kappa shape index (κ3) is 2.43. The van der Waals surface area contributed by atoms with E-state index in [1.54, 1.807) is 0 Å². The van der Waals surface area contributed by atoms with E-state index in [2.05, 4.69) is 6.58 Å². The first-order chi connectivity index (χ1) is 6.97. The van der Waals surface area contributed by atoms with Crippen molar-refractivity contribution in [3.63, 3.8) is 0 Å². The minimum Gasteiger partial charge on any atom is -0.495 e. The summed E-state index contributed by atoms with van der Waals surface area (Å²) in [6, 6.07) is 2.92. The number of hydrogen-bond donors (Lipinski definition) is 1. The van der Waals surface area contributed by atoms with Crippen LogP contribution in [0.5, 0.6) is 5.75 Å². The third-order valence-corrected chi connectivity index (χ3v) is 2.29. The van der Waals surface area contributed by atoms with E-state index in [1.807, 2.05) is 0 Å². The van der Waals surface area contributed by atoms with Crippen molar-refractivity contribution >= 4 is 34.7 Å². The summed E-state index contributed by atoms with van der Waals surface area (Å²) in [6.07, 6.45) is 0. The van der Waals surface area contributed by atoms with E-state index in [0.29, 0.717) is 5.02 Å². The standard InChI is InChI=1S/C10H8Cl2O3/c1-5(10(13)14)7-3-6(11)4-8(12)9(7)15-2/h3-4H,1H2,2H3,(H,13,14). The largest absolute Gasteiger partial charge is 0.495 e. The zero-order chi connectivity index (χ0) is 11.6. The lowest BCUT2D eigenvalue weighted by Crippen LogP contribution is -2.01. The maximum atomic E-state index is 10.7. The Bertz CT molecular complexity index is 427. The normalized spacial score (nSPS) is 9.80. The molecule has 0 atom stereocenters. The molecule has 1 aromatic rings. The zero-order valence-corrected chi connectivity index (χ0v) is 9.39. The van der Waals surface area contributed by atoms with Crippen molar-refractivity contribution in [1.29, 1.82) is 0 Å². The minimum absolute atomic E-state index is 0.115. The lowest BCUT2D eigenvalue weighted by molar-refractivity contribution is -0.130. The Balaban J connectivity index is 3.38. The Hall–Kier alpha value is -1.19. The highest BCUT2D eigenvalue weighted by Gasteiger charge is 2.16. The van der Waals surface area contributed by atoms with Crippen LogP contribution < -0.4 is 4.74 Å². The Labute approximate surface area is 96.9 Å². The molecule has 0 aromatic heterocycles. The molecule has 0 fully saturated rings. The lowest BCUT2D eigenvalue weighted by atomic mass is 10.1. The predicted octanol–water partition coefficient (Wildman–Crippen LogP) is 3.10. The summed E-state index contributed by atoms with van der Waals surface area (Å²) in [6.45, 7) is 3.42. The molecule has 80 valence electrons. The Kier molecular flexibility index (Phi) is 3.61. The van der Waals surface area contributed by atoms with Crippen LogP contribution in [0.3, 0.4) is 0 Å². The van der Waals surface area contributed by atoms with Gasteiger partial charge < -0.3 is 9.84 Å². The van der Waals surface area contributed by atoms with Gasteiger partial charge in [-0.25, -0.2) is 4.79 Å². The SMILES string of the molecule is C=C(C(=O)O)c1cc(Cl)cc(Cl)c1OC. The fourth-order valence-corrected chi connectivity index (χ4v) is 1.68. The molecular formula is C10H8Cl2O3. The van der Waals surface area contributed by atoms with Gasteiger partial charge in [0.15, 0.2) is 0 Å². The summed E-state index contributed by atoms with van der Waals surface area (Å²) in [7, 11) is 1.40. The van der Waals surface area contributed by atoms with Gasteiger partial charge in [0.05, 0.1) is 17.7 Å². The van der Waals surface area contributed by atoms with E-state index in [0.717, 1.165) is 0 Å². The van der Waals surface area contributed by atoms with Crippen molar-refractivity contribution in [2.75, 3.05) is 7.11 Å². The highest BCUT2D eigenvalue weighted by atomic mass is 35.5. The van der Waals surface area contributed by atoms with Gasteiger partial charge in [0.2, 0.25) is 0 Å². The number of carbonyl (C=O) groups is 1. The van der Waals surface area contributed by atoms with Gasteiger partial charge in [-0.15, -0.1) is 0 Å². The van der Waals surface area contributed by atoms with E-state index in [9.17, 15) is 4.79 Å². The molecule has 0 unspecified atom stereocenters. The number of aliphatic carboxylic acids is 1. The van der Waals surface area contributed by atoms with Crippen LogP contribution in [0.25, 0.3) is 5.57 Å². The average molecular weight is 247 g/mol. The lowest BCUT2D eigenvalue weighted by Gasteiger charge is -2.10. The van der Waals surface area contributed by atoms with Crippen LogP contribution in [-0.2, 0) is 4.79 Å². The summed E-state index contributed by atoms with van der Waals surface area (Å²) in [5.74, 6) is -0.889. The molecule has 0 heterocycles. The number of carboxylic acid groups (broad SMARTS) is 1. The van der Waals surface area contributed by atoms with E-state index in [-0.39, 0.29) is 21.9 Å². The van der Waals surface area contributed by atoms with Crippen LogP contribution in [0.4, 0.5) is 0 Å². The zero-order valence-electron chi connectivity index (χ0n) is 7.88. The smallest absolute Gasteiger partial charge is 0.335 e. The second kappa shape index (κ2) is 4.55. The van der Waals surface area contributed by atoms with Gasteiger partial charge in [-0.2, -0.15) is 0 Å². The highest BCUT2D eigenvalue weighted by molar-refractivity contribution is 6.36. The molecule has 0 bridgehead atoms. The van der Waals surface area contributed by atoms with Gasteiger partial charge in [0.1, 0.15) is 5.75 Å². The van der Waals surface area contributed by atoms with E-state index < -0.39 is 5.97 Å². The number of carboxylic acids is 1. The molecule has 0 saturated carbocycles. The summed E-state index contributed by atoms with van der Waals surface area (Å²) in [5, 5.41) is 9.38. The van der Waals surface area contributed by atoms with Crippen molar-refractivity contribution in [2.45, 2.75) is 0 Å². The summed E-state index contributed by atoms with van der Waals surface area (Å²) < 4.78 is 4.99. The van der Waals surface area contributed by atoms with Crippen LogP contribution in [0, 0.1) is 0 Å². The maximum absolute atomic E-state index is 10.7. The fraction of sp³-hybridized carbons (Fsp3) is 0.100. The molecule has 0 spiro atoms. The molecule has 3 nitrogen and oxygen atoms in total. The number of methoxy groups -OCH3 is 1. The first-order valence-electron chi connectivity index (χ1n) is 3.93. The Morgan fingerprint density at radius 2 is 2.07 bits per heavy atom.